The van der Waals surface area contributed by atoms with Crippen LogP contribution in [0.5, 0.6) is 0 Å². The van der Waals surface area contributed by atoms with E-state index in [-0.39, 0.29) is 5.97 Å². The molecular formula is C12H21NO4. The molecule has 0 saturated heterocycles. The smallest absolute Gasteiger partial charge is 0.330 e. The molecule has 0 atom stereocenters. The Labute approximate surface area is 102 Å². The quantitative estimate of drug-likeness (QED) is 0.334. The summed E-state index contributed by atoms with van der Waals surface area (Å²) in [4.78, 5) is 19.8. The summed E-state index contributed by atoms with van der Waals surface area (Å²) in [5, 5.41) is 7.33. The molecule has 0 aliphatic rings. The van der Waals surface area contributed by atoms with Crippen LogP contribution in [0.4, 0.5) is 0 Å². The summed E-state index contributed by atoms with van der Waals surface area (Å²) in [6.07, 6.45) is 4.96. The molecule has 0 saturated carbocycles. The van der Waals surface area contributed by atoms with Gasteiger partial charge in [0.15, 0.2) is 0 Å². The number of nitrogens with two attached hydrogens (primary N) is 1. The van der Waals surface area contributed by atoms with Crippen molar-refractivity contribution < 1.29 is 19.4 Å². The molecule has 1 amide bonds. The van der Waals surface area contributed by atoms with Crippen LogP contribution in [0.2, 0.25) is 0 Å². The molecule has 0 aromatic rings. The van der Waals surface area contributed by atoms with Crippen molar-refractivity contribution >= 4 is 11.9 Å². The second-order valence-electron chi connectivity index (χ2n) is 2.51. The Balaban J connectivity index is -0.000000207. The van der Waals surface area contributed by atoms with Crippen LogP contribution in [-0.2, 0) is 14.3 Å². The maximum Gasteiger partial charge on any atom is 0.330 e. The topological polar surface area (TPSA) is 89.6 Å². The van der Waals surface area contributed by atoms with E-state index < -0.39 is 5.91 Å². The second kappa shape index (κ2) is 19.5. The minimum absolute atomic E-state index is 0.330. The number of aliphatic hydroxyl groups excluding tert-OH is 1. The van der Waals surface area contributed by atoms with Crippen LogP contribution in [0.15, 0.2) is 38.2 Å². The first-order chi connectivity index (χ1) is 7.99. The highest BCUT2D eigenvalue weighted by molar-refractivity contribution is 5.85. The van der Waals surface area contributed by atoms with Gasteiger partial charge in [-0.3, -0.25) is 4.79 Å². The van der Waals surface area contributed by atoms with E-state index in [9.17, 15) is 9.59 Å². The Morgan fingerprint density at radius 3 is 1.94 bits per heavy atom. The van der Waals surface area contributed by atoms with Crippen molar-refractivity contribution in [2.45, 2.75) is 19.8 Å². The number of hydrogen-bond donors (Lipinski definition) is 2. The van der Waals surface area contributed by atoms with Gasteiger partial charge >= 0.3 is 5.97 Å². The molecule has 0 heterocycles. The van der Waals surface area contributed by atoms with Crippen molar-refractivity contribution in [3.63, 3.8) is 0 Å². The summed E-state index contributed by atoms with van der Waals surface area (Å²) in [7, 11) is 0. The lowest BCUT2D eigenvalue weighted by molar-refractivity contribution is -0.137. The van der Waals surface area contributed by atoms with Gasteiger partial charge in [-0.1, -0.05) is 33.1 Å². The fourth-order valence-corrected chi connectivity index (χ4v) is 0.376. The molecule has 0 bridgehead atoms. The van der Waals surface area contributed by atoms with Crippen LogP contribution >= 0.6 is 0 Å². The van der Waals surface area contributed by atoms with Crippen LogP contribution in [0.3, 0.4) is 0 Å². The fourth-order valence-electron chi connectivity index (χ4n) is 0.376. The number of carbonyl (C=O) groups excluding carboxylic acids is 2. The Kier molecular flexibility index (Phi) is 23.4. The number of hydrogen-bond acceptors (Lipinski definition) is 4. The number of esters is 1. The molecule has 0 spiro atoms. The molecule has 5 nitrogen and oxygen atoms in total. The highest BCUT2D eigenvalue weighted by Crippen LogP contribution is 1.88. The zero-order valence-electron chi connectivity index (χ0n) is 10.2. The predicted octanol–water partition coefficient (Wildman–Crippen LogP) is 1.86. The third-order valence-electron chi connectivity index (χ3n) is 1.11. The molecule has 0 unspecified atom stereocenters. The zero-order valence-corrected chi connectivity index (χ0v) is 10.2. The molecule has 0 aliphatic heterocycles. The normalized spacial score (nSPS) is 7.12. The van der Waals surface area contributed by atoms with Gasteiger partial charge in [-0.05, 0) is 12.5 Å². The van der Waals surface area contributed by atoms with Crippen molar-refractivity contribution in [3.8, 4) is 0 Å². The summed E-state index contributed by atoms with van der Waals surface area (Å²) in [5.41, 5.74) is 4.53. The second-order valence-corrected chi connectivity index (χ2v) is 2.51. The summed E-state index contributed by atoms with van der Waals surface area (Å²) < 4.78 is 4.67. The minimum atomic E-state index is -0.481. The molecule has 98 valence electrons. The Bertz CT molecular complexity index is 237. The van der Waals surface area contributed by atoms with Gasteiger partial charge in [0, 0.05) is 6.08 Å². The highest BCUT2D eigenvalue weighted by atomic mass is 16.5. The lowest BCUT2D eigenvalue weighted by atomic mass is 10.4. The van der Waals surface area contributed by atoms with Crippen LogP contribution in [0.25, 0.3) is 0 Å². The van der Waals surface area contributed by atoms with Crippen LogP contribution in [0.1, 0.15) is 19.8 Å². The SMILES string of the molecule is C=CC(=O)OCCCC.C=CC(N)=O.C=CO. The standard InChI is InChI=1S/C7H12O2.C3H5NO.C2H4O/c1-3-5-6-9-7(8)4-2;1-2-3(4)5;1-2-3/h4H,2-3,5-6H2,1H3;2H,1H2,(H2,4,5);2-3H,1H2. The first kappa shape index (κ1) is 20.4. The van der Waals surface area contributed by atoms with Gasteiger partial charge < -0.3 is 15.6 Å². The first-order valence-electron chi connectivity index (χ1n) is 4.96. The Morgan fingerprint density at radius 2 is 1.71 bits per heavy atom. The molecule has 0 aromatic heterocycles. The molecule has 0 rings (SSSR count). The maximum atomic E-state index is 10.3. The van der Waals surface area contributed by atoms with Gasteiger partial charge in [0.2, 0.25) is 5.91 Å². The molecule has 0 fully saturated rings. The van der Waals surface area contributed by atoms with Crippen LogP contribution in [0, 0.1) is 0 Å². The first-order valence-corrected chi connectivity index (χ1v) is 4.96. The van der Waals surface area contributed by atoms with E-state index in [1.165, 1.54) is 6.08 Å². The third-order valence-corrected chi connectivity index (χ3v) is 1.11. The number of carbonyl (C=O) groups is 2. The monoisotopic (exact) mass is 243 g/mol. The van der Waals surface area contributed by atoms with E-state index >= 15 is 0 Å². The summed E-state index contributed by atoms with van der Waals surface area (Å²) in [6, 6.07) is 0. The highest BCUT2D eigenvalue weighted by Gasteiger charge is 1.91. The number of amides is 1. The Hall–Kier alpha value is -2.04. The summed E-state index contributed by atoms with van der Waals surface area (Å²) >= 11 is 0. The molecular weight excluding hydrogens is 222 g/mol. The van der Waals surface area contributed by atoms with Crippen molar-refractivity contribution in [2.24, 2.45) is 5.73 Å². The molecule has 0 aliphatic carbocycles. The molecule has 0 aromatic carbocycles. The lowest BCUT2D eigenvalue weighted by Crippen LogP contribution is -2.04. The van der Waals surface area contributed by atoms with Crippen molar-refractivity contribution in [2.75, 3.05) is 6.61 Å². The maximum absolute atomic E-state index is 10.3. The molecule has 0 radical (unpaired) electrons. The summed E-state index contributed by atoms with van der Waals surface area (Å²) in [6.45, 7) is 11.8. The van der Waals surface area contributed by atoms with Gasteiger partial charge in [-0.25, -0.2) is 4.79 Å². The van der Waals surface area contributed by atoms with E-state index in [0.717, 1.165) is 25.2 Å². The number of primary amides is 1. The molecule has 17 heavy (non-hydrogen) atoms. The number of unbranched alkanes of at least 4 members (excludes halogenated alkanes) is 1. The van der Waals surface area contributed by atoms with Crippen LogP contribution in [-0.4, -0.2) is 23.6 Å². The fraction of sp³-hybridized carbons (Fsp3) is 0.333. The van der Waals surface area contributed by atoms with Gasteiger partial charge in [0.05, 0.1) is 12.9 Å². The number of ether oxygens (including phenoxy) is 1. The van der Waals surface area contributed by atoms with Gasteiger partial charge in [0.25, 0.3) is 0 Å². The molecule has 3 N–H and O–H groups in total. The minimum Gasteiger partial charge on any atom is -0.516 e. The van der Waals surface area contributed by atoms with E-state index in [4.69, 9.17) is 5.11 Å². The predicted molar refractivity (Wildman–Crippen MR) is 68.3 cm³/mol. The van der Waals surface area contributed by atoms with Crippen molar-refractivity contribution in [1.29, 1.82) is 0 Å². The average molecular weight is 243 g/mol. The van der Waals surface area contributed by atoms with Crippen molar-refractivity contribution in [1.82, 2.24) is 0 Å². The largest absolute Gasteiger partial charge is 0.516 e. The van der Waals surface area contributed by atoms with Gasteiger partial charge in [0.1, 0.15) is 0 Å². The van der Waals surface area contributed by atoms with E-state index in [2.05, 4.69) is 30.2 Å². The zero-order chi connectivity index (χ0) is 14.1. The van der Waals surface area contributed by atoms with E-state index in [0.29, 0.717) is 6.61 Å². The third kappa shape index (κ3) is 41.2. The Morgan fingerprint density at radius 1 is 1.29 bits per heavy atom. The van der Waals surface area contributed by atoms with Crippen LogP contribution < -0.4 is 5.73 Å². The van der Waals surface area contributed by atoms with E-state index in [1.54, 1.807) is 0 Å². The average Bonchev–Trinajstić information content (AvgIpc) is 2.31. The van der Waals surface area contributed by atoms with Crippen molar-refractivity contribution in [3.05, 3.63) is 38.2 Å². The number of rotatable bonds is 5. The number of aliphatic hydroxyl groups is 1. The summed E-state index contributed by atoms with van der Waals surface area (Å²) in [5.74, 6) is -0.812. The lowest BCUT2D eigenvalue weighted by Gasteiger charge is -1.97. The van der Waals surface area contributed by atoms with Gasteiger partial charge in [-0.2, -0.15) is 0 Å². The van der Waals surface area contributed by atoms with E-state index in [1.807, 2.05) is 6.92 Å². The molecule has 5 heteroatoms. The van der Waals surface area contributed by atoms with Gasteiger partial charge in [-0.15, -0.1) is 0 Å².